The molecule has 7 nitrogen and oxygen atoms in total. The monoisotopic (exact) mass is 688 g/mol. The van der Waals surface area contributed by atoms with Crippen LogP contribution >= 0.6 is 69.6 Å². The highest BCUT2D eigenvalue weighted by atomic mass is 35.5. The van der Waals surface area contributed by atoms with Crippen molar-refractivity contribution >= 4 is 99.0 Å². The number of anilines is 1. The molecule has 6 rings (SSSR count). The molecule has 42 heavy (non-hydrogen) atoms. The van der Waals surface area contributed by atoms with Gasteiger partial charge in [-0.25, -0.2) is 4.90 Å². The number of nitrogens with zero attached hydrogens (tertiary/aromatic N) is 2. The Labute approximate surface area is 271 Å². The fourth-order valence-corrected chi connectivity index (χ4v) is 9.48. The van der Waals surface area contributed by atoms with Crippen LogP contribution in [0.1, 0.15) is 30.5 Å². The predicted molar refractivity (Wildman–Crippen MR) is 161 cm³/mol. The molecule has 3 amide bonds. The first-order valence-electron chi connectivity index (χ1n) is 13.0. The Bertz CT molecular complexity index is 1550. The van der Waals surface area contributed by atoms with Gasteiger partial charge in [-0.15, -0.1) is 23.2 Å². The van der Waals surface area contributed by atoms with E-state index in [2.05, 4.69) is 0 Å². The zero-order valence-electron chi connectivity index (χ0n) is 22.0. The van der Waals surface area contributed by atoms with E-state index in [1.54, 1.807) is 11.8 Å². The SMILES string of the molecule is Cc1cc(OC(=O)[C@@H]2CC(=O)N([C@H](C)c3ccccc3)C2)ccc1N1C(=O)[C@@H]2[C@@H](C1=O)[C@@]1(Cl)C(Cl)=C(Cl)[C@@]2(Cl)C1(Cl)Cl. The molecule has 4 aliphatic rings. The van der Waals surface area contributed by atoms with Crippen molar-refractivity contribution in [3.05, 3.63) is 69.7 Å². The molecular formula is C29H22Cl6N2O5. The van der Waals surface area contributed by atoms with Gasteiger partial charge in [0.15, 0.2) is 4.33 Å². The average molecular weight is 691 g/mol. The molecule has 2 bridgehead atoms. The van der Waals surface area contributed by atoms with Gasteiger partial charge in [0.05, 0.1) is 39.5 Å². The average Bonchev–Trinajstić information content (AvgIpc) is 3.54. The summed E-state index contributed by atoms with van der Waals surface area (Å²) in [5.41, 5.74) is 1.66. The summed E-state index contributed by atoms with van der Waals surface area (Å²) >= 11 is 39.4. The molecular weight excluding hydrogens is 669 g/mol. The second-order valence-electron chi connectivity index (χ2n) is 11.0. The third kappa shape index (κ3) is 3.80. The van der Waals surface area contributed by atoms with Gasteiger partial charge in [-0.2, -0.15) is 0 Å². The lowest BCUT2D eigenvalue weighted by Crippen LogP contribution is -2.50. The minimum absolute atomic E-state index is 0.0365. The maximum atomic E-state index is 13.7. The first-order chi connectivity index (χ1) is 19.7. The molecule has 0 N–H and O–H groups in total. The number of carbonyl (C=O) groups is 4. The fourth-order valence-electron chi connectivity index (χ4n) is 6.55. The number of benzene rings is 2. The van der Waals surface area contributed by atoms with E-state index in [0.29, 0.717) is 5.56 Å². The number of allylic oxidation sites excluding steroid dienone is 2. The maximum absolute atomic E-state index is 13.7. The van der Waals surface area contributed by atoms with Crippen molar-refractivity contribution < 1.29 is 23.9 Å². The van der Waals surface area contributed by atoms with Gasteiger partial charge in [0.25, 0.3) is 0 Å². The standard InChI is InChI=1S/C29H22Cl6N2O5/c1-13-10-17(42-26(41)16-11-19(38)36(12-16)14(2)15-6-4-3-5-7-15)8-9-18(13)37-24(39)20-21(25(37)40)28(33)23(31)22(30)27(20,32)29(28,34)35/h3-10,14,16,20-21H,11-12H2,1-2H3/t14-,16-,20+,21+,27-,28-/m1/s1. The van der Waals surface area contributed by atoms with Gasteiger partial charge < -0.3 is 9.64 Å². The summed E-state index contributed by atoms with van der Waals surface area (Å²) in [7, 11) is 0. The van der Waals surface area contributed by atoms with Crippen LogP contribution in [0.25, 0.3) is 0 Å². The second-order valence-corrected chi connectivity index (χ2v) is 14.3. The fraction of sp³-hybridized carbons (Fsp3) is 0.379. The molecule has 0 spiro atoms. The smallest absolute Gasteiger partial charge is 0.316 e. The first-order valence-corrected chi connectivity index (χ1v) is 15.3. The lowest BCUT2D eigenvalue weighted by molar-refractivity contribution is -0.139. The zero-order valence-corrected chi connectivity index (χ0v) is 26.6. The topological polar surface area (TPSA) is 84.0 Å². The number of ether oxygens (including phenoxy) is 1. The molecule has 2 heterocycles. The van der Waals surface area contributed by atoms with E-state index in [9.17, 15) is 19.2 Å². The molecule has 2 aliphatic heterocycles. The van der Waals surface area contributed by atoms with E-state index < -0.39 is 49.6 Å². The molecule has 13 heteroatoms. The Hall–Kier alpha value is -2.00. The van der Waals surface area contributed by atoms with Gasteiger partial charge in [0.2, 0.25) is 17.7 Å². The van der Waals surface area contributed by atoms with Gasteiger partial charge in [0.1, 0.15) is 15.5 Å². The minimum Gasteiger partial charge on any atom is -0.426 e. The van der Waals surface area contributed by atoms with Crippen molar-refractivity contribution in [2.24, 2.45) is 17.8 Å². The highest BCUT2D eigenvalue weighted by Crippen LogP contribution is 2.77. The van der Waals surface area contributed by atoms with Crippen LogP contribution in [-0.2, 0) is 19.2 Å². The lowest BCUT2D eigenvalue weighted by atomic mass is 9.84. The van der Waals surface area contributed by atoms with Crippen LogP contribution in [0.3, 0.4) is 0 Å². The Balaban J connectivity index is 1.20. The summed E-state index contributed by atoms with van der Waals surface area (Å²) in [6.45, 7) is 3.79. The number of aryl methyl sites for hydroxylation is 1. The van der Waals surface area contributed by atoms with Crippen molar-refractivity contribution in [1.29, 1.82) is 0 Å². The van der Waals surface area contributed by atoms with Gasteiger partial charge in [-0.05, 0) is 43.2 Å². The minimum atomic E-state index is -2.02. The molecule has 0 unspecified atom stereocenters. The Morgan fingerprint density at radius 3 is 2.05 bits per heavy atom. The summed E-state index contributed by atoms with van der Waals surface area (Å²) in [5, 5.41) is -0.340. The van der Waals surface area contributed by atoms with E-state index >= 15 is 0 Å². The number of imide groups is 1. The number of hydrogen-bond acceptors (Lipinski definition) is 5. The number of carbonyl (C=O) groups excluding carboxylic acids is 4. The zero-order chi connectivity index (χ0) is 30.5. The first kappa shape index (κ1) is 30.0. The van der Waals surface area contributed by atoms with E-state index in [1.165, 1.54) is 18.2 Å². The van der Waals surface area contributed by atoms with Crippen LogP contribution in [-0.4, -0.2) is 49.2 Å². The Morgan fingerprint density at radius 2 is 1.50 bits per heavy atom. The third-order valence-electron chi connectivity index (χ3n) is 8.78. The van der Waals surface area contributed by atoms with Crippen LogP contribution < -0.4 is 9.64 Å². The Kier molecular flexibility index (Phi) is 7.16. The van der Waals surface area contributed by atoms with E-state index in [-0.39, 0.29) is 46.4 Å². The molecule has 220 valence electrons. The predicted octanol–water partition coefficient (Wildman–Crippen LogP) is 6.46. The Morgan fingerprint density at radius 1 is 0.929 bits per heavy atom. The second kappa shape index (κ2) is 10.0. The number of amides is 3. The molecule has 0 radical (unpaired) electrons. The van der Waals surface area contributed by atoms with Gasteiger partial charge in [-0.1, -0.05) is 76.7 Å². The van der Waals surface area contributed by atoms with Crippen LogP contribution in [0.15, 0.2) is 58.6 Å². The summed E-state index contributed by atoms with van der Waals surface area (Å²) in [6.07, 6.45) is 0.0365. The van der Waals surface area contributed by atoms with E-state index in [0.717, 1.165) is 10.5 Å². The third-order valence-corrected chi connectivity index (χ3v) is 13.0. The van der Waals surface area contributed by atoms with Crippen molar-refractivity contribution in [1.82, 2.24) is 4.90 Å². The number of alkyl halides is 4. The molecule has 1 saturated carbocycles. The summed E-state index contributed by atoms with van der Waals surface area (Å²) < 4.78 is 3.59. The molecule has 2 saturated heterocycles. The van der Waals surface area contributed by atoms with Gasteiger partial charge in [-0.3, -0.25) is 19.2 Å². The highest BCUT2D eigenvalue weighted by molar-refractivity contribution is 6.67. The summed E-state index contributed by atoms with van der Waals surface area (Å²) in [6, 6.07) is 13.8. The molecule has 6 atom stereocenters. The van der Waals surface area contributed by atoms with Crippen LogP contribution in [0.5, 0.6) is 5.75 Å². The number of rotatable bonds is 5. The maximum Gasteiger partial charge on any atom is 0.316 e. The molecule has 3 fully saturated rings. The van der Waals surface area contributed by atoms with Crippen LogP contribution in [0, 0.1) is 24.7 Å². The summed E-state index contributed by atoms with van der Waals surface area (Å²) in [4.78, 5) is 51.9. The number of fused-ring (bicyclic) bond motifs is 5. The van der Waals surface area contributed by atoms with E-state index in [1.807, 2.05) is 37.3 Å². The summed E-state index contributed by atoms with van der Waals surface area (Å²) in [5.74, 6) is -5.01. The van der Waals surface area contributed by atoms with Crippen molar-refractivity contribution in [2.45, 2.75) is 40.4 Å². The van der Waals surface area contributed by atoms with E-state index in [4.69, 9.17) is 74.3 Å². The van der Waals surface area contributed by atoms with Crippen LogP contribution in [0.2, 0.25) is 0 Å². The normalized spacial score (nSPS) is 32.2. The van der Waals surface area contributed by atoms with Crippen molar-refractivity contribution in [3.8, 4) is 5.75 Å². The van der Waals surface area contributed by atoms with Gasteiger partial charge >= 0.3 is 5.97 Å². The number of likely N-dealkylation sites (tertiary alicyclic amines) is 1. The number of halogens is 6. The quantitative estimate of drug-likeness (QED) is 0.156. The van der Waals surface area contributed by atoms with Crippen molar-refractivity contribution in [3.63, 3.8) is 0 Å². The number of hydrogen-bond donors (Lipinski definition) is 0. The van der Waals surface area contributed by atoms with Crippen molar-refractivity contribution in [2.75, 3.05) is 11.4 Å². The molecule has 2 aromatic carbocycles. The van der Waals surface area contributed by atoms with Crippen LogP contribution in [0.4, 0.5) is 5.69 Å². The largest absolute Gasteiger partial charge is 0.426 e. The molecule has 0 aromatic heterocycles. The number of esters is 1. The molecule has 2 aliphatic carbocycles. The van der Waals surface area contributed by atoms with Gasteiger partial charge in [0, 0.05) is 13.0 Å². The molecule has 2 aromatic rings. The highest BCUT2D eigenvalue weighted by Gasteiger charge is 2.87. The lowest BCUT2D eigenvalue weighted by Gasteiger charge is -2.34.